The molecule has 0 radical (unpaired) electrons. The van der Waals surface area contributed by atoms with Crippen molar-refractivity contribution in [2.75, 3.05) is 0 Å². The summed E-state index contributed by atoms with van der Waals surface area (Å²) in [5.41, 5.74) is 1.39. The third-order valence-corrected chi connectivity index (χ3v) is 2.10. The zero-order valence-corrected chi connectivity index (χ0v) is 9.84. The molecule has 0 rings (SSSR count). The standard InChI is InChI=1S/C13H22O/c1-11(2)7-5-8-12(3)9-6-10-13(4)14/h6-7,10,12H,5,8-9H2,1-4H3/b10-6+. The monoisotopic (exact) mass is 194 g/mol. The number of hydrogen-bond donors (Lipinski definition) is 0. The molecule has 0 aromatic heterocycles. The summed E-state index contributed by atoms with van der Waals surface area (Å²) >= 11 is 0. The van der Waals surface area contributed by atoms with Crippen molar-refractivity contribution in [3.05, 3.63) is 23.8 Å². The van der Waals surface area contributed by atoms with Crippen LogP contribution in [-0.4, -0.2) is 5.78 Å². The van der Waals surface area contributed by atoms with E-state index in [0.29, 0.717) is 5.92 Å². The average molecular weight is 194 g/mol. The largest absolute Gasteiger partial charge is 0.295 e. The quantitative estimate of drug-likeness (QED) is 0.463. The maximum atomic E-state index is 10.6. The molecule has 0 saturated carbocycles. The molecule has 0 aromatic rings. The van der Waals surface area contributed by atoms with Crippen molar-refractivity contribution in [1.82, 2.24) is 0 Å². The summed E-state index contributed by atoms with van der Waals surface area (Å²) in [6.45, 7) is 8.06. The SMILES string of the molecule is CC(=O)/C=C/CC(C)CCC=C(C)C. The molecule has 0 aliphatic carbocycles. The molecule has 0 aliphatic heterocycles. The van der Waals surface area contributed by atoms with Crippen LogP contribution in [0.2, 0.25) is 0 Å². The second kappa shape index (κ2) is 7.54. The summed E-state index contributed by atoms with van der Waals surface area (Å²) in [5.74, 6) is 0.808. The van der Waals surface area contributed by atoms with Gasteiger partial charge in [0.25, 0.3) is 0 Å². The minimum atomic E-state index is 0.140. The van der Waals surface area contributed by atoms with Crippen LogP contribution >= 0.6 is 0 Å². The van der Waals surface area contributed by atoms with E-state index in [1.807, 2.05) is 6.08 Å². The molecule has 0 heterocycles. The van der Waals surface area contributed by atoms with E-state index in [4.69, 9.17) is 0 Å². The smallest absolute Gasteiger partial charge is 0.152 e. The van der Waals surface area contributed by atoms with E-state index >= 15 is 0 Å². The highest BCUT2D eigenvalue weighted by Gasteiger charge is 1.97. The van der Waals surface area contributed by atoms with Crippen molar-refractivity contribution >= 4 is 5.78 Å². The van der Waals surface area contributed by atoms with Gasteiger partial charge < -0.3 is 0 Å². The van der Waals surface area contributed by atoms with Crippen LogP contribution < -0.4 is 0 Å². The molecule has 0 N–H and O–H groups in total. The zero-order valence-electron chi connectivity index (χ0n) is 9.84. The van der Waals surface area contributed by atoms with Gasteiger partial charge in [0.05, 0.1) is 0 Å². The van der Waals surface area contributed by atoms with Crippen LogP contribution in [0.25, 0.3) is 0 Å². The second-order valence-corrected chi connectivity index (χ2v) is 4.21. The molecule has 0 spiro atoms. The van der Waals surface area contributed by atoms with Crippen molar-refractivity contribution < 1.29 is 4.79 Å². The highest BCUT2D eigenvalue weighted by molar-refractivity contribution is 5.87. The van der Waals surface area contributed by atoms with Gasteiger partial charge in [0, 0.05) is 0 Å². The van der Waals surface area contributed by atoms with Crippen molar-refractivity contribution in [1.29, 1.82) is 0 Å². The maximum absolute atomic E-state index is 10.6. The molecule has 0 saturated heterocycles. The summed E-state index contributed by atoms with van der Waals surface area (Å²) in [5, 5.41) is 0. The number of allylic oxidation sites excluding steroid dienone is 4. The minimum absolute atomic E-state index is 0.140. The van der Waals surface area contributed by atoms with Crippen LogP contribution in [0.3, 0.4) is 0 Å². The summed E-state index contributed by atoms with van der Waals surface area (Å²) < 4.78 is 0. The molecule has 80 valence electrons. The predicted molar refractivity (Wildman–Crippen MR) is 62.3 cm³/mol. The van der Waals surface area contributed by atoms with Gasteiger partial charge in [-0.3, -0.25) is 4.79 Å². The highest BCUT2D eigenvalue weighted by Crippen LogP contribution is 2.12. The summed E-state index contributed by atoms with van der Waals surface area (Å²) in [6.07, 6.45) is 9.28. The summed E-state index contributed by atoms with van der Waals surface area (Å²) in [4.78, 5) is 10.6. The molecule has 14 heavy (non-hydrogen) atoms. The Morgan fingerprint density at radius 1 is 1.29 bits per heavy atom. The lowest BCUT2D eigenvalue weighted by molar-refractivity contribution is -0.112. The Labute approximate surface area is 87.9 Å². The number of hydrogen-bond acceptors (Lipinski definition) is 1. The first-order chi connectivity index (χ1) is 6.52. The Balaban J connectivity index is 3.61. The fourth-order valence-electron chi connectivity index (χ4n) is 1.24. The Morgan fingerprint density at radius 2 is 1.93 bits per heavy atom. The van der Waals surface area contributed by atoms with Crippen LogP contribution in [0.1, 0.15) is 47.0 Å². The van der Waals surface area contributed by atoms with Crippen LogP contribution in [0.15, 0.2) is 23.8 Å². The van der Waals surface area contributed by atoms with Crippen LogP contribution in [-0.2, 0) is 4.79 Å². The van der Waals surface area contributed by atoms with Gasteiger partial charge in [-0.05, 0) is 52.0 Å². The number of carbonyl (C=O) groups is 1. The fraction of sp³-hybridized carbons (Fsp3) is 0.615. The fourth-order valence-corrected chi connectivity index (χ4v) is 1.24. The molecule has 1 unspecified atom stereocenters. The number of ketones is 1. The summed E-state index contributed by atoms with van der Waals surface area (Å²) in [6, 6.07) is 0. The third kappa shape index (κ3) is 9.24. The van der Waals surface area contributed by atoms with Gasteiger partial charge >= 0.3 is 0 Å². The molecule has 0 aliphatic rings. The molecule has 1 nitrogen and oxygen atoms in total. The Morgan fingerprint density at radius 3 is 2.43 bits per heavy atom. The summed E-state index contributed by atoms with van der Waals surface area (Å²) in [7, 11) is 0. The average Bonchev–Trinajstić information content (AvgIpc) is 2.02. The highest BCUT2D eigenvalue weighted by atomic mass is 16.1. The third-order valence-electron chi connectivity index (χ3n) is 2.10. The van der Waals surface area contributed by atoms with Crippen molar-refractivity contribution in [2.24, 2.45) is 5.92 Å². The van der Waals surface area contributed by atoms with Gasteiger partial charge in [0.15, 0.2) is 5.78 Å². The normalized spacial score (nSPS) is 12.9. The van der Waals surface area contributed by atoms with E-state index in [9.17, 15) is 4.79 Å². The number of carbonyl (C=O) groups excluding carboxylic acids is 1. The van der Waals surface area contributed by atoms with E-state index < -0.39 is 0 Å². The Kier molecular flexibility index (Phi) is 7.09. The zero-order chi connectivity index (χ0) is 11.0. The molecule has 0 fully saturated rings. The molecule has 0 amide bonds. The van der Waals surface area contributed by atoms with Gasteiger partial charge in [-0.15, -0.1) is 0 Å². The van der Waals surface area contributed by atoms with Crippen molar-refractivity contribution in [2.45, 2.75) is 47.0 Å². The minimum Gasteiger partial charge on any atom is -0.295 e. The maximum Gasteiger partial charge on any atom is 0.152 e. The van der Waals surface area contributed by atoms with Crippen LogP contribution in [0, 0.1) is 5.92 Å². The number of rotatable bonds is 6. The Bertz CT molecular complexity index is 219. The van der Waals surface area contributed by atoms with Crippen molar-refractivity contribution in [3.63, 3.8) is 0 Å². The van der Waals surface area contributed by atoms with E-state index in [1.165, 1.54) is 12.0 Å². The molecule has 1 heteroatoms. The lowest BCUT2D eigenvalue weighted by Gasteiger charge is -2.05. The Hall–Kier alpha value is -0.850. The van der Waals surface area contributed by atoms with Crippen molar-refractivity contribution in [3.8, 4) is 0 Å². The topological polar surface area (TPSA) is 17.1 Å². The first kappa shape index (κ1) is 13.2. The molecular formula is C13H22O. The van der Waals surface area contributed by atoms with E-state index in [1.54, 1.807) is 13.0 Å². The van der Waals surface area contributed by atoms with Crippen LogP contribution in [0.5, 0.6) is 0 Å². The lowest BCUT2D eigenvalue weighted by atomic mass is 10.0. The lowest BCUT2D eigenvalue weighted by Crippen LogP contribution is -1.92. The van der Waals surface area contributed by atoms with Gasteiger partial charge in [-0.1, -0.05) is 24.6 Å². The van der Waals surface area contributed by atoms with Gasteiger partial charge in [0.1, 0.15) is 0 Å². The van der Waals surface area contributed by atoms with E-state index in [0.717, 1.165) is 12.8 Å². The molecule has 0 aromatic carbocycles. The van der Waals surface area contributed by atoms with E-state index in [-0.39, 0.29) is 5.78 Å². The van der Waals surface area contributed by atoms with E-state index in [2.05, 4.69) is 26.8 Å². The first-order valence-corrected chi connectivity index (χ1v) is 5.33. The van der Waals surface area contributed by atoms with Gasteiger partial charge in [0.2, 0.25) is 0 Å². The molecule has 0 bridgehead atoms. The van der Waals surface area contributed by atoms with Crippen LogP contribution in [0.4, 0.5) is 0 Å². The van der Waals surface area contributed by atoms with Gasteiger partial charge in [-0.2, -0.15) is 0 Å². The molecule has 1 atom stereocenters. The van der Waals surface area contributed by atoms with Gasteiger partial charge in [-0.25, -0.2) is 0 Å². The predicted octanol–water partition coefficient (Wildman–Crippen LogP) is 3.90. The first-order valence-electron chi connectivity index (χ1n) is 5.33. The molecular weight excluding hydrogens is 172 g/mol. The second-order valence-electron chi connectivity index (χ2n) is 4.21.